The van der Waals surface area contributed by atoms with Crippen LogP contribution in [0.1, 0.15) is 36.5 Å². The Hall–Kier alpha value is -0.960. The summed E-state index contributed by atoms with van der Waals surface area (Å²) in [6.45, 7) is 2.19. The van der Waals surface area contributed by atoms with E-state index < -0.39 is 0 Å². The van der Waals surface area contributed by atoms with Gasteiger partial charge >= 0.3 is 0 Å². The molecule has 0 heterocycles. The van der Waals surface area contributed by atoms with Crippen molar-refractivity contribution in [3.8, 4) is 5.75 Å². The summed E-state index contributed by atoms with van der Waals surface area (Å²) in [5.41, 5.74) is 0.772. The van der Waals surface area contributed by atoms with Gasteiger partial charge in [-0.2, -0.15) is 11.8 Å². The molecule has 0 aliphatic heterocycles. The largest absolute Gasteiger partial charge is 0.497 e. The fourth-order valence-corrected chi connectivity index (χ4v) is 2.38. The maximum Gasteiger partial charge on any atom is 0.172 e. The molecule has 1 rings (SSSR count). The molecule has 0 saturated carbocycles. The standard InChI is InChI=1S/C14H20O2S/c1-3-4-5-10-17-11-14(15)12-6-8-13(16-2)9-7-12/h6-9H,3-5,10-11H2,1-2H3. The molecule has 2 nitrogen and oxygen atoms in total. The van der Waals surface area contributed by atoms with Gasteiger partial charge in [0, 0.05) is 5.56 Å². The van der Waals surface area contributed by atoms with Gasteiger partial charge in [-0.1, -0.05) is 19.8 Å². The molecule has 0 bridgehead atoms. The molecule has 1 aromatic carbocycles. The van der Waals surface area contributed by atoms with Gasteiger partial charge in [0.1, 0.15) is 5.75 Å². The van der Waals surface area contributed by atoms with Gasteiger partial charge in [0.25, 0.3) is 0 Å². The van der Waals surface area contributed by atoms with E-state index in [2.05, 4.69) is 6.92 Å². The Balaban J connectivity index is 2.31. The van der Waals surface area contributed by atoms with Crippen LogP contribution < -0.4 is 4.74 Å². The average molecular weight is 252 g/mol. The first-order valence-corrected chi connectivity index (χ1v) is 7.18. The molecule has 0 amide bonds. The lowest BCUT2D eigenvalue weighted by molar-refractivity contribution is 0.102. The van der Waals surface area contributed by atoms with Crippen molar-refractivity contribution in [3.05, 3.63) is 29.8 Å². The first-order chi connectivity index (χ1) is 8.27. The topological polar surface area (TPSA) is 26.3 Å². The summed E-state index contributed by atoms with van der Waals surface area (Å²) < 4.78 is 5.06. The van der Waals surface area contributed by atoms with Crippen LogP contribution in [0.5, 0.6) is 5.75 Å². The van der Waals surface area contributed by atoms with Crippen molar-refractivity contribution in [1.82, 2.24) is 0 Å². The molecule has 0 saturated heterocycles. The number of thioether (sulfide) groups is 1. The van der Waals surface area contributed by atoms with Gasteiger partial charge in [-0.05, 0) is 36.4 Å². The second-order valence-corrected chi connectivity index (χ2v) is 5.02. The number of methoxy groups -OCH3 is 1. The van der Waals surface area contributed by atoms with Crippen LogP contribution in [0.3, 0.4) is 0 Å². The molecular weight excluding hydrogens is 232 g/mol. The Labute approximate surface area is 108 Å². The van der Waals surface area contributed by atoms with E-state index in [4.69, 9.17) is 4.74 Å². The molecule has 0 aromatic heterocycles. The zero-order valence-electron chi connectivity index (χ0n) is 10.6. The Bertz CT molecular complexity index is 333. The van der Waals surface area contributed by atoms with Gasteiger partial charge in [-0.15, -0.1) is 0 Å². The number of unbranched alkanes of at least 4 members (excludes halogenated alkanes) is 2. The van der Waals surface area contributed by atoms with E-state index in [0.717, 1.165) is 17.1 Å². The number of rotatable bonds is 8. The zero-order chi connectivity index (χ0) is 12.5. The number of Topliss-reactive ketones (excluding diaryl/α,β-unsaturated/α-hetero) is 1. The van der Waals surface area contributed by atoms with Crippen molar-refractivity contribution < 1.29 is 9.53 Å². The van der Waals surface area contributed by atoms with Gasteiger partial charge in [0.15, 0.2) is 5.78 Å². The van der Waals surface area contributed by atoms with Gasteiger partial charge in [0.05, 0.1) is 12.9 Å². The van der Waals surface area contributed by atoms with Gasteiger partial charge in [0.2, 0.25) is 0 Å². The number of carbonyl (C=O) groups excluding carboxylic acids is 1. The van der Waals surface area contributed by atoms with Crippen molar-refractivity contribution >= 4 is 17.5 Å². The van der Waals surface area contributed by atoms with Gasteiger partial charge in [-0.3, -0.25) is 4.79 Å². The lowest BCUT2D eigenvalue weighted by Crippen LogP contribution is -2.02. The molecule has 1 aromatic rings. The Kier molecular flexibility index (Phi) is 6.78. The van der Waals surface area contributed by atoms with E-state index in [1.165, 1.54) is 19.3 Å². The summed E-state index contributed by atoms with van der Waals surface area (Å²) in [5, 5.41) is 0. The van der Waals surface area contributed by atoms with Crippen molar-refractivity contribution in [3.63, 3.8) is 0 Å². The van der Waals surface area contributed by atoms with Gasteiger partial charge < -0.3 is 4.74 Å². The second kappa shape index (κ2) is 8.18. The maximum absolute atomic E-state index is 11.8. The van der Waals surface area contributed by atoms with Crippen molar-refractivity contribution in [2.45, 2.75) is 26.2 Å². The summed E-state index contributed by atoms with van der Waals surface area (Å²) in [5.74, 6) is 2.65. The SMILES string of the molecule is CCCCCSCC(=O)c1ccc(OC)cc1. The first kappa shape index (κ1) is 14.1. The number of benzene rings is 1. The summed E-state index contributed by atoms with van der Waals surface area (Å²) in [6.07, 6.45) is 3.69. The van der Waals surface area contributed by atoms with Gasteiger partial charge in [-0.25, -0.2) is 0 Å². The molecule has 3 heteroatoms. The highest BCUT2D eigenvalue weighted by Gasteiger charge is 2.05. The van der Waals surface area contributed by atoms with Crippen LogP contribution in [0, 0.1) is 0 Å². The van der Waals surface area contributed by atoms with E-state index in [-0.39, 0.29) is 5.78 Å². The molecule has 0 unspecified atom stereocenters. The van der Waals surface area contributed by atoms with Crippen LogP contribution >= 0.6 is 11.8 Å². The summed E-state index contributed by atoms with van der Waals surface area (Å²) in [6, 6.07) is 7.31. The molecule has 94 valence electrons. The molecule has 0 radical (unpaired) electrons. The molecule has 0 aliphatic rings. The quantitative estimate of drug-likeness (QED) is 0.520. The summed E-state index contributed by atoms with van der Waals surface area (Å²) in [7, 11) is 1.63. The van der Waals surface area contributed by atoms with Crippen molar-refractivity contribution in [2.75, 3.05) is 18.6 Å². The third-order valence-electron chi connectivity index (χ3n) is 2.54. The summed E-state index contributed by atoms with van der Waals surface area (Å²) >= 11 is 1.73. The zero-order valence-corrected chi connectivity index (χ0v) is 11.4. The monoisotopic (exact) mass is 252 g/mol. The van der Waals surface area contributed by atoms with Crippen molar-refractivity contribution in [1.29, 1.82) is 0 Å². The number of hydrogen-bond donors (Lipinski definition) is 0. The van der Waals surface area contributed by atoms with Crippen LogP contribution in [0.4, 0.5) is 0 Å². The smallest absolute Gasteiger partial charge is 0.172 e. The molecule has 0 fully saturated rings. The minimum atomic E-state index is 0.203. The Morgan fingerprint density at radius 2 is 1.94 bits per heavy atom. The normalized spacial score (nSPS) is 10.2. The number of hydrogen-bond acceptors (Lipinski definition) is 3. The number of carbonyl (C=O) groups is 1. The molecular formula is C14H20O2S. The number of ether oxygens (including phenoxy) is 1. The predicted octanol–water partition coefficient (Wildman–Crippen LogP) is 3.80. The molecule has 0 aliphatic carbocycles. The van der Waals surface area contributed by atoms with Crippen molar-refractivity contribution in [2.24, 2.45) is 0 Å². The summed E-state index contributed by atoms with van der Waals surface area (Å²) in [4.78, 5) is 11.8. The Morgan fingerprint density at radius 3 is 2.53 bits per heavy atom. The third kappa shape index (κ3) is 5.26. The van der Waals surface area contributed by atoms with Crippen LogP contribution in [0.15, 0.2) is 24.3 Å². The highest BCUT2D eigenvalue weighted by Crippen LogP contribution is 2.14. The van der Waals surface area contributed by atoms with Crippen LogP contribution in [0.2, 0.25) is 0 Å². The fraction of sp³-hybridized carbons (Fsp3) is 0.500. The number of ketones is 1. The van der Waals surface area contributed by atoms with E-state index in [9.17, 15) is 4.79 Å². The maximum atomic E-state index is 11.8. The first-order valence-electron chi connectivity index (χ1n) is 6.03. The highest BCUT2D eigenvalue weighted by molar-refractivity contribution is 7.99. The minimum absolute atomic E-state index is 0.203. The predicted molar refractivity (Wildman–Crippen MR) is 74.2 cm³/mol. The van der Waals surface area contributed by atoms with E-state index in [1.54, 1.807) is 18.9 Å². The molecule has 0 N–H and O–H groups in total. The van der Waals surface area contributed by atoms with Crippen LogP contribution in [-0.2, 0) is 0 Å². The molecule has 17 heavy (non-hydrogen) atoms. The van der Waals surface area contributed by atoms with E-state index >= 15 is 0 Å². The second-order valence-electron chi connectivity index (χ2n) is 3.91. The van der Waals surface area contributed by atoms with Crippen LogP contribution in [-0.4, -0.2) is 24.4 Å². The molecule has 0 spiro atoms. The average Bonchev–Trinajstić information content (AvgIpc) is 2.38. The Morgan fingerprint density at radius 1 is 1.24 bits per heavy atom. The van der Waals surface area contributed by atoms with E-state index in [1.807, 2.05) is 24.3 Å². The minimum Gasteiger partial charge on any atom is -0.497 e. The van der Waals surface area contributed by atoms with Crippen LogP contribution in [0.25, 0.3) is 0 Å². The molecule has 0 atom stereocenters. The third-order valence-corrected chi connectivity index (χ3v) is 3.58. The lowest BCUT2D eigenvalue weighted by Gasteiger charge is -2.03. The highest BCUT2D eigenvalue weighted by atomic mass is 32.2. The fourth-order valence-electron chi connectivity index (χ4n) is 1.48. The lowest BCUT2D eigenvalue weighted by atomic mass is 10.1. The van der Waals surface area contributed by atoms with E-state index in [0.29, 0.717) is 5.75 Å².